The third-order valence-electron chi connectivity index (χ3n) is 5.38. The number of halogens is 2. The predicted molar refractivity (Wildman–Crippen MR) is 140 cm³/mol. The summed E-state index contributed by atoms with van der Waals surface area (Å²) in [5.41, 5.74) is 4.84. The fraction of sp³-hybridized carbons (Fsp3) is 0.0714. The lowest BCUT2D eigenvalue weighted by Crippen LogP contribution is -2.01. The van der Waals surface area contributed by atoms with Crippen LogP contribution in [0.25, 0.3) is 22.6 Å². The van der Waals surface area contributed by atoms with Crippen LogP contribution < -0.4 is 9.47 Å². The van der Waals surface area contributed by atoms with Crippen molar-refractivity contribution in [3.8, 4) is 23.0 Å². The maximum atomic E-state index is 6.30. The number of fused-ring (bicyclic) bond motifs is 1. The number of ether oxygens (including phenoxy) is 2. The molecule has 0 aliphatic heterocycles. The Hall–Kier alpha value is -3.80. The smallest absolute Gasteiger partial charge is 0.227 e. The van der Waals surface area contributed by atoms with Crippen LogP contribution in [0, 0.1) is 0 Å². The molecule has 0 amide bonds. The molecule has 0 unspecified atom stereocenters. The van der Waals surface area contributed by atoms with Gasteiger partial charge in [0.05, 0.1) is 12.8 Å². The van der Waals surface area contributed by atoms with E-state index in [0.717, 1.165) is 33.5 Å². The third kappa shape index (κ3) is 5.16. The van der Waals surface area contributed by atoms with Crippen LogP contribution in [-0.4, -0.2) is 18.3 Å². The van der Waals surface area contributed by atoms with E-state index in [0.29, 0.717) is 27.4 Å². The van der Waals surface area contributed by atoms with Gasteiger partial charge in [-0.2, -0.15) is 0 Å². The molecule has 7 heteroatoms. The summed E-state index contributed by atoms with van der Waals surface area (Å²) >= 11 is 12.3. The molecular weight excluding hydrogens is 483 g/mol. The summed E-state index contributed by atoms with van der Waals surface area (Å²) in [7, 11) is 1.60. The first kappa shape index (κ1) is 23.0. The summed E-state index contributed by atoms with van der Waals surface area (Å²) in [6.07, 6.45) is 1.75. The van der Waals surface area contributed by atoms with E-state index < -0.39 is 0 Å². The van der Waals surface area contributed by atoms with Crippen LogP contribution in [-0.2, 0) is 6.61 Å². The Morgan fingerprint density at radius 2 is 1.77 bits per heavy atom. The Balaban J connectivity index is 1.36. The molecule has 0 fully saturated rings. The molecule has 0 radical (unpaired) electrons. The highest BCUT2D eigenvalue weighted by Gasteiger charge is 2.12. The van der Waals surface area contributed by atoms with Gasteiger partial charge in [-0.15, -0.1) is 0 Å². The molecule has 0 aliphatic carbocycles. The number of rotatable bonds is 7. The average Bonchev–Trinajstić information content (AvgIpc) is 3.32. The fourth-order valence-corrected chi connectivity index (χ4v) is 4.03. The van der Waals surface area contributed by atoms with Crippen molar-refractivity contribution < 1.29 is 13.9 Å². The van der Waals surface area contributed by atoms with Crippen molar-refractivity contribution in [3.05, 3.63) is 106 Å². The molecule has 5 rings (SSSR count). The molecule has 0 saturated carbocycles. The van der Waals surface area contributed by atoms with E-state index in [4.69, 9.17) is 37.1 Å². The van der Waals surface area contributed by atoms with Crippen molar-refractivity contribution in [2.24, 2.45) is 4.99 Å². The van der Waals surface area contributed by atoms with Crippen molar-refractivity contribution in [2.75, 3.05) is 7.11 Å². The first-order valence-corrected chi connectivity index (χ1v) is 11.6. The zero-order valence-electron chi connectivity index (χ0n) is 18.7. The molecule has 174 valence electrons. The van der Waals surface area contributed by atoms with E-state index >= 15 is 0 Å². The SMILES string of the molecule is COc1cccc(C=Nc2ccc(-c3nc4ccccc4o3)cc2)c1OCc1ccc(Cl)cc1Cl. The second kappa shape index (κ2) is 10.2. The quantitative estimate of drug-likeness (QED) is 0.210. The van der Waals surface area contributed by atoms with Gasteiger partial charge in [0.1, 0.15) is 12.1 Å². The van der Waals surface area contributed by atoms with Gasteiger partial charge in [0.2, 0.25) is 5.89 Å². The molecule has 5 aromatic rings. The summed E-state index contributed by atoms with van der Waals surface area (Å²) in [6, 6.07) is 26.3. The van der Waals surface area contributed by atoms with Crippen LogP contribution in [0.5, 0.6) is 11.5 Å². The normalized spacial score (nSPS) is 11.3. The second-order valence-corrected chi connectivity index (χ2v) is 8.54. The van der Waals surface area contributed by atoms with Crippen molar-refractivity contribution >= 4 is 46.2 Å². The van der Waals surface area contributed by atoms with Crippen LogP contribution in [0.15, 0.2) is 94.3 Å². The Morgan fingerprint density at radius 3 is 2.54 bits per heavy atom. The minimum absolute atomic E-state index is 0.260. The molecule has 1 heterocycles. The topological polar surface area (TPSA) is 56.9 Å². The van der Waals surface area contributed by atoms with E-state index in [1.807, 2.05) is 72.8 Å². The molecule has 4 aromatic carbocycles. The molecule has 1 aromatic heterocycles. The Kier molecular flexibility index (Phi) is 6.70. The van der Waals surface area contributed by atoms with Gasteiger partial charge >= 0.3 is 0 Å². The number of aliphatic imine (C=N–C) groups is 1. The summed E-state index contributed by atoms with van der Waals surface area (Å²) in [6.45, 7) is 0.260. The molecule has 0 aliphatic rings. The molecule has 0 spiro atoms. The number of hydrogen-bond acceptors (Lipinski definition) is 5. The van der Waals surface area contributed by atoms with Gasteiger partial charge < -0.3 is 13.9 Å². The second-order valence-electron chi connectivity index (χ2n) is 7.69. The minimum atomic E-state index is 0.260. The number of benzene rings is 4. The maximum Gasteiger partial charge on any atom is 0.227 e. The van der Waals surface area contributed by atoms with Crippen molar-refractivity contribution in [1.29, 1.82) is 0 Å². The fourth-order valence-electron chi connectivity index (χ4n) is 3.57. The molecule has 0 atom stereocenters. The van der Waals surface area contributed by atoms with Gasteiger partial charge in [0.25, 0.3) is 0 Å². The Morgan fingerprint density at radius 1 is 0.943 bits per heavy atom. The lowest BCUT2D eigenvalue weighted by atomic mass is 10.2. The molecule has 35 heavy (non-hydrogen) atoms. The largest absolute Gasteiger partial charge is 0.493 e. The lowest BCUT2D eigenvalue weighted by Gasteiger charge is -2.14. The van der Waals surface area contributed by atoms with E-state index in [-0.39, 0.29) is 6.61 Å². The minimum Gasteiger partial charge on any atom is -0.493 e. The molecular formula is C28H20Cl2N2O3. The van der Waals surface area contributed by atoms with Gasteiger partial charge in [-0.1, -0.05) is 47.5 Å². The van der Waals surface area contributed by atoms with Gasteiger partial charge in [-0.3, -0.25) is 4.99 Å². The molecule has 0 saturated heterocycles. The Labute approximate surface area is 212 Å². The summed E-state index contributed by atoms with van der Waals surface area (Å²) < 4.78 is 17.4. The van der Waals surface area contributed by atoms with Crippen molar-refractivity contribution in [1.82, 2.24) is 4.98 Å². The van der Waals surface area contributed by atoms with Gasteiger partial charge in [0, 0.05) is 33.0 Å². The van der Waals surface area contributed by atoms with Crippen LogP contribution >= 0.6 is 23.2 Å². The maximum absolute atomic E-state index is 6.30. The molecule has 0 N–H and O–H groups in total. The van der Waals surface area contributed by atoms with Crippen LogP contribution in [0.2, 0.25) is 10.0 Å². The average molecular weight is 503 g/mol. The van der Waals surface area contributed by atoms with E-state index in [9.17, 15) is 0 Å². The number of oxazole rings is 1. The van der Waals surface area contributed by atoms with E-state index in [1.54, 1.807) is 25.5 Å². The molecule has 0 bridgehead atoms. The predicted octanol–water partition coefficient (Wildman–Crippen LogP) is 8.14. The standard InChI is InChI=1S/C28H20Cl2N2O3/c1-33-26-8-4-5-19(27(26)34-17-20-9-12-21(29)15-23(20)30)16-31-22-13-10-18(11-14-22)28-32-24-6-2-3-7-25(24)35-28/h2-16H,17H2,1H3. The first-order valence-electron chi connectivity index (χ1n) is 10.8. The van der Waals surface area contributed by atoms with Crippen LogP contribution in [0.3, 0.4) is 0 Å². The lowest BCUT2D eigenvalue weighted by molar-refractivity contribution is 0.284. The third-order valence-corrected chi connectivity index (χ3v) is 5.96. The highest BCUT2D eigenvalue weighted by Crippen LogP contribution is 2.33. The monoisotopic (exact) mass is 502 g/mol. The van der Waals surface area contributed by atoms with Crippen LogP contribution in [0.4, 0.5) is 5.69 Å². The summed E-state index contributed by atoms with van der Waals surface area (Å²) in [4.78, 5) is 9.16. The zero-order valence-corrected chi connectivity index (χ0v) is 20.3. The summed E-state index contributed by atoms with van der Waals surface area (Å²) in [5, 5.41) is 1.12. The van der Waals surface area contributed by atoms with Gasteiger partial charge in [-0.05, 0) is 60.7 Å². The number of hydrogen-bond donors (Lipinski definition) is 0. The first-order chi connectivity index (χ1) is 17.1. The highest BCUT2D eigenvalue weighted by molar-refractivity contribution is 6.35. The van der Waals surface area contributed by atoms with Crippen molar-refractivity contribution in [3.63, 3.8) is 0 Å². The van der Waals surface area contributed by atoms with E-state index in [2.05, 4.69) is 9.98 Å². The number of nitrogens with zero attached hydrogens (tertiary/aromatic N) is 2. The Bertz CT molecular complexity index is 1480. The highest BCUT2D eigenvalue weighted by atomic mass is 35.5. The number of methoxy groups -OCH3 is 1. The van der Waals surface area contributed by atoms with E-state index in [1.165, 1.54) is 0 Å². The van der Waals surface area contributed by atoms with Crippen molar-refractivity contribution in [2.45, 2.75) is 6.61 Å². The summed E-state index contributed by atoms with van der Waals surface area (Å²) in [5.74, 6) is 1.75. The van der Waals surface area contributed by atoms with Gasteiger partial charge in [0.15, 0.2) is 17.1 Å². The number of aromatic nitrogens is 1. The zero-order chi connectivity index (χ0) is 24.2. The number of para-hydroxylation sites is 3. The molecule has 5 nitrogen and oxygen atoms in total. The van der Waals surface area contributed by atoms with Gasteiger partial charge in [-0.25, -0.2) is 4.98 Å². The van der Waals surface area contributed by atoms with Crippen LogP contribution in [0.1, 0.15) is 11.1 Å².